The van der Waals surface area contributed by atoms with Gasteiger partial charge in [-0.3, -0.25) is 9.59 Å². The molecule has 0 aromatic carbocycles. The fourth-order valence-corrected chi connectivity index (χ4v) is 6.80. The highest BCUT2D eigenvalue weighted by Crippen LogP contribution is 2.14. The van der Waals surface area contributed by atoms with Gasteiger partial charge in [0, 0.05) is 19.3 Å². The molecule has 0 bridgehead atoms. The van der Waals surface area contributed by atoms with Crippen LogP contribution in [0.5, 0.6) is 0 Å². The number of likely N-dealkylation sites (N-methyl/N-ethyl adjacent to an activating group) is 1. The monoisotopic (exact) mass is 867 g/mol. The van der Waals surface area contributed by atoms with E-state index in [0.717, 1.165) is 96.3 Å². The normalized spacial score (nSPS) is 13.6. The average molecular weight is 867 g/mol. The molecule has 0 saturated heterocycles. The van der Waals surface area contributed by atoms with Gasteiger partial charge in [-0.05, 0) is 83.5 Å². The molecule has 8 nitrogen and oxygen atoms in total. The molecule has 0 heterocycles. The SMILES string of the molecule is CC/C=C\C/C=C\C/C=C\C/C=C\CCCCCCCCCCC(=O)OC(COCCC(C(=O)O)[N+](C)(C)C)COC(=O)CCCCCCCCC/C=C\C/C=C\C/C=C\CC. The van der Waals surface area contributed by atoms with Gasteiger partial charge in [0.1, 0.15) is 6.61 Å². The molecule has 0 rings (SSSR count). The number of quaternary nitrogens is 1. The maximum Gasteiger partial charge on any atom is 0.362 e. The summed E-state index contributed by atoms with van der Waals surface area (Å²) in [5.41, 5.74) is 0. The van der Waals surface area contributed by atoms with Crippen LogP contribution in [0.1, 0.15) is 187 Å². The minimum absolute atomic E-state index is 0.0502. The number of allylic oxidation sites excluding steroid dienone is 14. The van der Waals surface area contributed by atoms with Crippen LogP contribution in [0.15, 0.2) is 85.1 Å². The Balaban J connectivity index is 4.31. The quantitative estimate of drug-likeness (QED) is 0.0282. The molecule has 0 amide bonds. The fraction of sp³-hybridized carbons (Fsp3) is 0.685. The van der Waals surface area contributed by atoms with Crippen molar-refractivity contribution in [2.24, 2.45) is 0 Å². The van der Waals surface area contributed by atoms with E-state index in [-0.39, 0.29) is 36.2 Å². The van der Waals surface area contributed by atoms with Crippen molar-refractivity contribution >= 4 is 17.9 Å². The topological polar surface area (TPSA) is 99.1 Å². The number of carbonyl (C=O) groups is 3. The molecule has 8 heteroatoms. The van der Waals surface area contributed by atoms with E-state index in [1.54, 1.807) is 0 Å². The Hall–Kier alpha value is -3.49. The molecule has 0 radical (unpaired) electrons. The summed E-state index contributed by atoms with van der Waals surface area (Å²) in [6.07, 6.45) is 57.7. The Kier molecular flexibility index (Phi) is 41.6. The van der Waals surface area contributed by atoms with Crippen LogP contribution in [0.2, 0.25) is 0 Å². The summed E-state index contributed by atoms with van der Waals surface area (Å²) in [6.45, 7) is 4.49. The van der Waals surface area contributed by atoms with E-state index in [9.17, 15) is 19.5 Å². The lowest BCUT2D eigenvalue weighted by atomic mass is 10.1. The lowest BCUT2D eigenvalue weighted by molar-refractivity contribution is -0.887. The van der Waals surface area contributed by atoms with Crippen LogP contribution in [0.3, 0.4) is 0 Å². The van der Waals surface area contributed by atoms with Crippen molar-refractivity contribution < 1.29 is 38.2 Å². The third kappa shape index (κ3) is 41.8. The largest absolute Gasteiger partial charge is 0.477 e. The Morgan fingerprint density at radius 1 is 0.484 bits per heavy atom. The van der Waals surface area contributed by atoms with Gasteiger partial charge in [0.25, 0.3) is 0 Å². The van der Waals surface area contributed by atoms with E-state index in [2.05, 4.69) is 98.9 Å². The first-order chi connectivity index (χ1) is 30.1. The first-order valence-electron chi connectivity index (χ1n) is 24.6. The van der Waals surface area contributed by atoms with Gasteiger partial charge in [0.05, 0.1) is 34.4 Å². The molecule has 0 aromatic heterocycles. The molecule has 1 N–H and O–H groups in total. The average Bonchev–Trinajstić information content (AvgIpc) is 3.23. The number of esters is 2. The number of hydrogen-bond acceptors (Lipinski definition) is 6. The van der Waals surface area contributed by atoms with E-state index in [1.165, 1.54) is 57.8 Å². The zero-order valence-electron chi connectivity index (χ0n) is 40.3. The van der Waals surface area contributed by atoms with Crippen LogP contribution < -0.4 is 0 Å². The van der Waals surface area contributed by atoms with Crippen molar-refractivity contribution in [3.05, 3.63) is 85.1 Å². The van der Waals surface area contributed by atoms with Gasteiger partial charge < -0.3 is 23.8 Å². The van der Waals surface area contributed by atoms with Crippen molar-refractivity contribution in [2.45, 2.75) is 199 Å². The highest BCUT2D eigenvalue weighted by Gasteiger charge is 2.31. The standard InChI is InChI=1S/C54H91NO7/c1-6-8-10-12-14-16-18-20-22-24-25-26-27-29-31-33-35-37-39-41-43-45-53(57)62-50(48-60-47-46-51(54(58)59)55(3,4)5)49-61-52(56)44-42-40-38-36-34-32-30-28-23-21-19-17-15-13-11-9-7-2/h8-11,14-17,20-23,25-26,50-51H,6-7,12-13,18-19,24,27-49H2,1-5H3/p+1/b10-8-,11-9-,16-14-,17-15-,22-20-,23-21-,26-25-. The van der Waals surface area contributed by atoms with E-state index in [1.807, 2.05) is 21.1 Å². The van der Waals surface area contributed by atoms with Crippen molar-refractivity contribution in [1.29, 1.82) is 0 Å². The molecular weight excluding hydrogens is 775 g/mol. The number of carbonyl (C=O) groups excluding carboxylic acids is 2. The zero-order chi connectivity index (χ0) is 45.6. The third-order valence-electron chi connectivity index (χ3n) is 10.5. The van der Waals surface area contributed by atoms with Crippen molar-refractivity contribution in [3.8, 4) is 0 Å². The number of aliphatic carboxylic acids is 1. The predicted molar refractivity (Wildman–Crippen MR) is 261 cm³/mol. The summed E-state index contributed by atoms with van der Waals surface area (Å²) in [7, 11) is 5.52. The highest BCUT2D eigenvalue weighted by molar-refractivity contribution is 5.72. The van der Waals surface area contributed by atoms with Crippen LogP contribution in [-0.2, 0) is 28.6 Å². The van der Waals surface area contributed by atoms with Crippen LogP contribution in [0.4, 0.5) is 0 Å². The minimum atomic E-state index is -0.881. The Morgan fingerprint density at radius 2 is 0.855 bits per heavy atom. The first kappa shape index (κ1) is 58.5. The van der Waals surface area contributed by atoms with Gasteiger partial charge >= 0.3 is 17.9 Å². The van der Waals surface area contributed by atoms with Crippen molar-refractivity contribution in [1.82, 2.24) is 0 Å². The predicted octanol–water partition coefficient (Wildman–Crippen LogP) is 14.1. The number of ether oxygens (including phenoxy) is 3. The number of unbranched alkanes of at least 4 members (excludes halogenated alkanes) is 15. The highest BCUT2D eigenvalue weighted by atomic mass is 16.6. The lowest BCUT2D eigenvalue weighted by Crippen LogP contribution is -2.50. The van der Waals surface area contributed by atoms with E-state index < -0.39 is 18.1 Å². The van der Waals surface area contributed by atoms with Gasteiger partial charge in [0.2, 0.25) is 0 Å². The fourth-order valence-electron chi connectivity index (χ4n) is 6.80. The van der Waals surface area contributed by atoms with Gasteiger partial charge in [-0.25, -0.2) is 4.79 Å². The third-order valence-corrected chi connectivity index (χ3v) is 10.5. The molecule has 0 saturated carbocycles. The van der Waals surface area contributed by atoms with Crippen LogP contribution in [0.25, 0.3) is 0 Å². The van der Waals surface area contributed by atoms with Gasteiger partial charge in [-0.15, -0.1) is 0 Å². The molecule has 354 valence electrons. The second-order valence-corrected chi connectivity index (χ2v) is 17.3. The van der Waals surface area contributed by atoms with Gasteiger partial charge in [0.15, 0.2) is 12.1 Å². The number of nitrogens with zero attached hydrogens (tertiary/aromatic N) is 1. The maximum absolute atomic E-state index is 12.8. The molecule has 0 fully saturated rings. The second-order valence-electron chi connectivity index (χ2n) is 17.3. The Bertz CT molecular complexity index is 1290. The molecule has 0 aromatic rings. The summed E-state index contributed by atoms with van der Waals surface area (Å²) in [5.74, 6) is -1.50. The Labute approximate surface area is 380 Å². The summed E-state index contributed by atoms with van der Waals surface area (Å²) in [5, 5.41) is 9.65. The summed E-state index contributed by atoms with van der Waals surface area (Å²) < 4.78 is 17.3. The summed E-state index contributed by atoms with van der Waals surface area (Å²) in [6, 6.07) is -0.622. The molecule has 0 aliphatic carbocycles. The number of hydrogen-bond donors (Lipinski definition) is 1. The smallest absolute Gasteiger partial charge is 0.362 e. The number of carboxylic acids is 1. The zero-order valence-corrected chi connectivity index (χ0v) is 40.3. The summed E-state index contributed by atoms with van der Waals surface area (Å²) >= 11 is 0. The molecule has 0 spiro atoms. The molecule has 2 unspecified atom stereocenters. The lowest BCUT2D eigenvalue weighted by Gasteiger charge is -2.31. The Morgan fingerprint density at radius 3 is 1.26 bits per heavy atom. The number of rotatable bonds is 43. The second kappa shape index (κ2) is 44.1. The van der Waals surface area contributed by atoms with E-state index >= 15 is 0 Å². The number of carboxylic acid groups (broad SMARTS) is 1. The molecule has 62 heavy (non-hydrogen) atoms. The maximum atomic E-state index is 12.8. The van der Waals surface area contributed by atoms with Gasteiger partial charge in [-0.2, -0.15) is 0 Å². The van der Waals surface area contributed by atoms with Crippen molar-refractivity contribution in [3.63, 3.8) is 0 Å². The first-order valence-corrected chi connectivity index (χ1v) is 24.6. The molecule has 0 aliphatic heterocycles. The van der Waals surface area contributed by atoms with Crippen LogP contribution in [-0.4, -0.2) is 80.6 Å². The summed E-state index contributed by atoms with van der Waals surface area (Å²) in [4.78, 5) is 37.1. The van der Waals surface area contributed by atoms with E-state index in [0.29, 0.717) is 19.3 Å². The van der Waals surface area contributed by atoms with E-state index in [4.69, 9.17) is 14.2 Å². The minimum Gasteiger partial charge on any atom is -0.477 e. The molecular formula is C54H92NO7+. The van der Waals surface area contributed by atoms with Gasteiger partial charge in [-0.1, -0.05) is 170 Å². The van der Waals surface area contributed by atoms with Crippen LogP contribution >= 0.6 is 0 Å². The van der Waals surface area contributed by atoms with Crippen molar-refractivity contribution in [2.75, 3.05) is 41.0 Å². The molecule has 2 atom stereocenters. The van der Waals surface area contributed by atoms with Crippen LogP contribution in [0, 0.1) is 0 Å². The molecule has 0 aliphatic rings.